The Hall–Kier alpha value is -3.22. The molecule has 1 heterocycles. The van der Waals surface area contributed by atoms with Crippen molar-refractivity contribution in [2.75, 3.05) is 4.90 Å². The average Bonchev–Trinajstić information content (AvgIpc) is 2.54. The highest BCUT2D eigenvalue weighted by molar-refractivity contribution is 6.04. The molecule has 0 radical (unpaired) electrons. The molecule has 1 atom stereocenters. The van der Waals surface area contributed by atoms with Gasteiger partial charge in [-0.05, 0) is 24.3 Å². The predicted octanol–water partition coefficient (Wildman–Crippen LogP) is 2.82. The monoisotopic (exact) mass is 312 g/mol. The molecule has 0 saturated carbocycles. The van der Waals surface area contributed by atoms with Crippen LogP contribution < -0.4 is 4.90 Å². The Morgan fingerprint density at radius 1 is 1.17 bits per heavy atom. The summed E-state index contributed by atoms with van der Waals surface area (Å²) >= 11 is 0. The number of nitro groups is 1. The zero-order valence-corrected chi connectivity index (χ0v) is 12.1. The Morgan fingerprint density at radius 2 is 1.83 bits per heavy atom. The van der Waals surface area contributed by atoms with E-state index in [0.717, 1.165) is 0 Å². The number of nitro benzene ring substituents is 1. The summed E-state index contributed by atoms with van der Waals surface area (Å²) < 4.78 is 5.37. The number of rotatable bonds is 2. The van der Waals surface area contributed by atoms with Gasteiger partial charge in [0.15, 0.2) is 0 Å². The molecule has 23 heavy (non-hydrogen) atoms. The summed E-state index contributed by atoms with van der Waals surface area (Å²) in [7, 11) is 0. The quantitative estimate of drug-likeness (QED) is 0.483. The second-order valence-corrected chi connectivity index (χ2v) is 5.01. The van der Waals surface area contributed by atoms with Crippen molar-refractivity contribution < 1.29 is 19.2 Å². The molecule has 3 rings (SSSR count). The molecule has 2 aromatic rings. The number of carbonyl (C=O) groups is 2. The van der Waals surface area contributed by atoms with Crippen LogP contribution in [0.1, 0.15) is 29.1 Å². The Balaban J connectivity index is 2.06. The number of amides is 1. The van der Waals surface area contributed by atoms with E-state index in [2.05, 4.69) is 0 Å². The topological polar surface area (TPSA) is 89.8 Å². The van der Waals surface area contributed by atoms with E-state index in [9.17, 15) is 19.7 Å². The van der Waals surface area contributed by atoms with E-state index < -0.39 is 17.1 Å². The van der Waals surface area contributed by atoms with Crippen LogP contribution in [0.5, 0.6) is 0 Å². The first-order chi connectivity index (χ1) is 11.0. The molecule has 0 bridgehead atoms. The van der Waals surface area contributed by atoms with Crippen LogP contribution in [0.25, 0.3) is 0 Å². The second-order valence-electron chi connectivity index (χ2n) is 5.01. The fourth-order valence-electron chi connectivity index (χ4n) is 2.51. The van der Waals surface area contributed by atoms with E-state index in [1.54, 1.807) is 24.3 Å². The number of cyclic esters (lactones) is 1. The minimum atomic E-state index is -0.948. The van der Waals surface area contributed by atoms with Crippen molar-refractivity contribution in [3.8, 4) is 0 Å². The van der Waals surface area contributed by atoms with Crippen LogP contribution in [0, 0.1) is 10.1 Å². The lowest BCUT2D eigenvalue weighted by molar-refractivity contribution is -0.384. The minimum absolute atomic E-state index is 0.0781. The van der Waals surface area contributed by atoms with Crippen LogP contribution in [0.15, 0.2) is 48.5 Å². The molecule has 0 saturated heterocycles. The molecule has 0 unspecified atom stereocenters. The lowest BCUT2D eigenvalue weighted by Crippen LogP contribution is -2.40. The van der Waals surface area contributed by atoms with E-state index >= 15 is 0 Å². The maximum absolute atomic E-state index is 12.1. The molecule has 1 amide bonds. The fourth-order valence-corrected chi connectivity index (χ4v) is 2.51. The van der Waals surface area contributed by atoms with Gasteiger partial charge in [-0.1, -0.05) is 12.1 Å². The van der Waals surface area contributed by atoms with Crippen molar-refractivity contribution in [3.63, 3.8) is 0 Å². The summed E-state index contributed by atoms with van der Waals surface area (Å²) in [6.07, 6.45) is -0.948. The van der Waals surface area contributed by atoms with Crippen molar-refractivity contribution in [2.45, 2.75) is 13.2 Å². The third-order valence-corrected chi connectivity index (χ3v) is 3.56. The Morgan fingerprint density at radius 3 is 2.43 bits per heavy atom. The molecule has 1 aliphatic heterocycles. The van der Waals surface area contributed by atoms with Gasteiger partial charge in [0.1, 0.15) is 0 Å². The summed E-state index contributed by atoms with van der Waals surface area (Å²) in [5, 5.41) is 10.7. The molecule has 0 aromatic heterocycles. The highest BCUT2D eigenvalue weighted by Crippen LogP contribution is 2.37. The van der Waals surface area contributed by atoms with Crippen molar-refractivity contribution in [2.24, 2.45) is 0 Å². The van der Waals surface area contributed by atoms with E-state index in [4.69, 9.17) is 4.74 Å². The maximum atomic E-state index is 12.1. The first-order valence-corrected chi connectivity index (χ1v) is 6.83. The van der Waals surface area contributed by atoms with E-state index in [0.29, 0.717) is 16.8 Å². The molecule has 7 heteroatoms. The van der Waals surface area contributed by atoms with Gasteiger partial charge in [0.2, 0.25) is 12.1 Å². The Bertz CT molecular complexity index is 800. The zero-order valence-electron chi connectivity index (χ0n) is 12.1. The number of para-hydroxylation sites is 1. The number of benzene rings is 2. The Kier molecular flexibility index (Phi) is 3.53. The van der Waals surface area contributed by atoms with Gasteiger partial charge in [0.05, 0.1) is 16.2 Å². The molecular weight excluding hydrogens is 300 g/mol. The molecule has 0 fully saturated rings. The van der Waals surface area contributed by atoms with E-state index in [1.165, 1.54) is 36.1 Å². The minimum Gasteiger partial charge on any atom is -0.433 e. The van der Waals surface area contributed by atoms with Crippen molar-refractivity contribution in [3.05, 3.63) is 69.8 Å². The smallest absolute Gasteiger partial charge is 0.342 e. The van der Waals surface area contributed by atoms with Crippen LogP contribution in [0.3, 0.4) is 0 Å². The number of ether oxygens (including phenoxy) is 1. The van der Waals surface area contributed by atoms with Gasteiger partial charge in [-0.2, -0.15) is 0 Å². The molecule has 0 aliphatic carbocycles. The van der Waals surface area contributed by atoms with Gasteiger partial charge in [-0.25, -0.2) is 4.79 Å². The number of hydrogen-bond acceptors (Lipinski definition) is 5. The number of fused-ring (bicyclic) bond motifs is 1. The summed E-state index contributed by atoms with van der Waals surface area (Å²) in [6.45, 7) is 1.37. The summed E-state index contributed by atoms with van der Waals surface area (Å²) in [5.74, 6) is -0.838. The number of anilines is 1. The highest BCUT2D eigenvalue weighted by atomic mass is 16.6. The van der Waals surface area contributed by atoms with Crippen molar-refractivity contribution in [1.29, 1.82) is 0 Å². The van der Waals surface area contributed by atoms with Crippen molar-refractivity contribution >= 4 is 23.3 Å². The third kappa shape index (κ3) is 2.52. The van der Waals surface area contributed by atoms with Gasteiger partial charge in [0, 0.05) is 24.6 Å². The van der Waals surface area contributed by atoms with E-state index in [1.807, 2.05) is 0 Å². The van der Waals surface area contributed by atoms with Crippen LogP contribution >= 0.6 is 0 Å². The largest absolute Gasteiger partial charge is 0.433 e. The molecule has 7 nitrogen and oxygen atoms in total. The number of hydrogen-bond donors (Lipinski definition) is 0. The SMILES string of the molecule is CC(=O)N1c2ccccc2C(=O)O[C@H]1c1ccc([N+](=O)[O-])cc1. The molecule has 0 spiro atoms. The molecule has 0 N–H and O–H groups in total. The Labute approximate surface area is 131 Å². The lowest BCUT2D eigenvalue weighted by atomic mass is 10.1. The molecule has 116 valence electrons. The number of esters is 1. The van der Waals surface area contributed by atoms with Gasteiger partial charge in [-0.3, -0.25) is 19.8 Å². The van der Waals surface area contributed by atoms with Gasteiger partial charge in [0.25, 0.3) is 5.69 Å². The predicted molar refractivity (Wildman–Crippen MR) is 80.9 cm³/mol. The molecular formula is C16H12N2O5. The fraction of sp³-hybridized carbons (Fsp3) is 0.125. The van der Waals surface area contributed by atoms with Crippen molar-refractivity contribution in [1.82, 2.24) is 0 Å². The van der Waals surface area contributed by atoms with Crippen LogP contribution in [0.2, 0.25) is 0 Å². The summed E-state index contributed by atoms with van der Waals surface area (Å²) in [4.78, 5) is 35.8. The van der Waals surface area contributed by atoms with Gasteiger partial charge >= 0.3 is 5.97 Å². The third-order valence-electron chi connectivity index (χ3n) is 3.56. The van der Waals surface area contributed by atoms with E-state index in [-0.39, 0.29) is 11.6 Å². The summed E-state index contributed by atoms with van der Waals surface area (Å²) in [5.41, 5.74) is 1.17. The maximum Gasteiger partial charge on any atom is 0.342 e. The lowest BCUT2D eigenvalue weighted by Gasteiger charge is -2.35. The van der Waals surface area contributed by atoms with Crippen LogP contribution in [-0.4, -0.2) is 16.8 Å². The number of nitrogens with zero attached hydrogens (tertiary/aromatic N) is 2. The van der Waals surface area contributed by atoms with Crippen LogP contribution in [0.4, 0.5) is 11.4 Å². The highest BCUT2D eigenvalue weighted by Gasteiger charge is 2.36. The first kappa shape index (κ1) is 14.7. The average molecular weight is 312 g/mol. The molecule has 2 aromatic carbocycles. The standard InChI is InChI=1S/C16H12N2O5/c1-10(19)17-14-5-3-2-4-13(14)16(20)23-15(17)11-6-8-12(9-7-11)18(21)22/h2-9,15H,1H3/t15-/m0/s1. The van der Waals surface area contributed by atoms with Gasteiger partial charge in [-0.15, -0.1) is 0 Å². The number of carbonyl (C=O) groups excluding carboxylic acids is 2. The van der Waals surface area contributed by atoms with Crippen LogP contribution in [-0.2, 0) is 9.53 Å². The number of non-ortho nitro benzene ring substituents is 1. The zero-order chi connectivity index (χ0) is 16.6. The molecule has 1 aliphatic rings. The van der Waals surface area contributed by atoms with Gasteiger partial charge < -0.3 is 4.74 Å². The normalized spacial score (nSPS) is 16.5. The first-order valence-electron chi connectivity index (χ1n) is 6.83. The summed E-state index contributed by atoms with van der Waals surface area (Å²) in [6, 6.07) is 12.2. The second kappa shape index (κ2) is 5.53.